The Morgan fingerprint density at radius 3 is 2.41 bits per heavy atom. The number of thioether (sulfide) groups is 1. The summed E-state index contributed by atoms with van der Waals surface area (Å²) in [7, 11) is 0. The van der Waals surface area contributed by atoms with Crippen LogP contribution in [0.2, 0.25) is 0 Å². The third kappa shape index (κ3) is 6.46. The Hall–Kier alpha value is -0.910. The summed E-state index contributed by atoms with van der Waals surface area (Å²) in [6, 6.07) is 0. The zero-order valence-corrected chi connectivity index (χ0v) is 15.3. The Labute approximate surface area is 138 Å². The summed E-state index contributed by atoms with van der Waals surface area (Å²) in [5, 5.41) is 6.28. The van der Waals surface area contributed by atoms with Crippen LogP contribution in [0, 0.1) is 5.41 Å². The van der Waals surface area contributed by atoms with E-state index in [9.17, 15) is 9.59 Å². The van der Waals surface area contributed by atoms with Gasteiger partial charge in [-0.15, -0.1) is 0 Å². The summed E-state index contributed by atoms with van der Waals surface area (Å²) in [4.78, 5) is 24.2. The van der Waals surface area contributed by atoms with Gasteiger partial charge in [-0.25, -0.2) is 4.79 Å². The summed E-state index contributed by atoms with van der Waals surface area (Å²) >= 11 is 1.92. The van der Waals surface area contributed by atoms with Crippen LogP contribution in [-0.2, 0) is 9.53 Å². The molecule has 1 fully saturated rings. The van der Waals surface area contributed by atoms with Crippen LogP contribution >= 0.6 is 11.8 Å². The molecule has 0 aromatic carbocycles. The first-order valence-electron chi connectivity index (χ1n) is 8.03. The van der Waals surface area contributed by atoms with Gasteiger partial charge in [-0.1, -0.05) is 6.92 Å². The largest absolute Gasteiger partial charge is 0.444 e. The van der Waals surface area contributed by atoms with Crippen LogP contribution in [0.5, 0.6) is 0 Å². The van der Waals surface area contributed by atoms with Gasteiger partial charge in [0.05, 0.1) is 5.41 Å². The van der Waals surface area contributed by atoms with E-state index in [1.165, 1.54) is 18.6 Å². The molecule has 2 amide bonds. The average Bonchev–Trinajstić information content (AvgIpc) is 2.93. The van der Waals surface area contributed by atoms with Gasteiger partial charge in [-0.2, -0.15) is 11.8 Å². The van der Waals surface area contributed by atoms with Crippen LogP contribution in [0.4, 0.5) is 4.79 Å². The molecule has 1 aliphatic heterocycles. The molecule has 0 radical (unpaired) electrons. The molecule has 0 aromatic rings. The molecule has 1 heterocycles. The molecule has 1 saturated heterocycles. The van der Waals surface area contributed by atoms with Crippen molar-refractivity contribution in [1.82, 2.24) is 10.6 Å². The summed E-state index contributed by atoms with van der Waals surface area (Å²) in [6.07, 6.45) is 2.58. The number of rotatable bonds is 6. The number of hydrogen-bond donors (Lipinski definition) is 2. The van der Waals surface area contributed by atoms with E-state index in [4.69, 9.17) is 4.74 Å². The molecular weight excluding hydrogens is 300 g/mol. The lowest BCUT2D eigenvalue weighted by Gasteiger charge is -2.28. The lowest BCUT2D eigenvalue weighted by molar-refractivity contribution is -0.130. The maximum atomic E-state index is 12.4. The number of amides is 2. The molecule has 1 aliphatic rings. The van der Waals surface area contributed by atoms with Crippen molar-refractivity contribution in [3.05, 3.63) is 0 Å². The van der Waals surface area contributed by atoms with Crippen molar-refractivity contribution in [2.24, 2.45) is 5.41 Å². The second-order valence-electron chi connectivity index (χ2n) is 7.11. The van der Waals surface area contributed by atoms with Gasteiger partial charge in [0.15, 0.2) is 0 Å². The van der Waals surface area contributed by atoms with Crippen LogP contribution in [0.1, 0.15) is 53.9 Å². The number of alkyl carbamates (subject to hydrolysis) is 1. The van der Waals surface area contributed by atoms with Gasteiger partial charge < -0.3 is 15.4 Å². The van der Waals surface area contributed by atoms with Gasteiger partial charge in [0.25, 0.3) is 0 Å². The maximum absolute atomic E-state index is 12.4. The highest BCUT2D eigenvalue weighted by Gasteiger charge is 2.33. The predicted octanol–water partition coefficient (Wildman–Crippen LogP) is 2.94. The Balaban J connectivity index is 2.44. The van der Waals surface area contributed by atoms with Crippen molar-refractivity contribution in [3.8, 4) is 0 Å². The first kappa shape index (κ1) is 19.1. The summed E-state index contributed by atoms with van der Waals surface area (Å²) in [5.74, 6) is 1.18. The SMILES string of the molecule is CC[C@@](C)(CNC(=O)OC(C)(C)C)C(=O)NC[C@@H]1CCCS1. The molecule has 5 nitrogen and oxygen atoms in total. The fourth-order valence-electron chi connectivity index (χ4n) is 2.17. The Kier molecular flexibility index (Phi) is 7.03. The lowest BCUT2D eigenvalue weighted by Crippen LogP contribution is -2.48. The fraction of sp³-hybridized carbons (Fsp3) is 0.875. The highest BCUT2D eigenvalue weighted by Crippen LogP contribution is 2.26. The highest BCUT2D eigenvalue weighted by atomic mass is 32.2. The van der Waals surface area contributed by atoms with E-state index in [1.54, 1.807) is 0 Å². The van der Waals surface area contributed by atoms with Crippen LogP contribution in [0.3, 0.4) is 0 Å². The van der Waals surface area contributed by atoms with E-state index in [0.717, 1.165) is 0 Å². The fourth-order valence-corrected chi connectivity index (χ4v) is 3.37. The monoisotopic (exact) mass is 330 g/mol. The van der Waals surface area contributed by atoms with Gasteiger partial charge in [0.1, 0.15) is 5.60 Å². The number of carbonyl (C=O) groups is 2. The van der Waals surface area contributed by atoms with Gasteiger partial charge in [-0.05, 0) is 52.7 Å². The second kappa shape index (κ2) is 8.09. The standard InChI is InChI=1S/C16H30N2O3S/c1-6-16(5,11-18-14(20)21-15(2,3)4)13(19)17-10-12-8-7-9-22-12/h12H,6-11H2,1-5H3,(H,17,19)(H,18,20)/t12-,16-/m0/s1. The summed E-state index contributed by atoms with van der Waals surface area (Å²) < 4.78 is 5.21. The Morgan fingerprint density at radius 1 is 1.23 bits per heavy atom. The van der Waals surface area contributed by atoms with E-state index in [2.05, 4.69) is 10.6 Å². The van der Waals surface area contributed by atoms with Crippen LogP contribution in [0.25, 0.3) is 0 Å². The molecule has 0 aromatic heterocycles. The molecule has 0 unspecified atom stereocenters. The maximum Gasteiger partial charge on any atom is 0.407 e. The van der Waals surface area contributed by atoms with Gasteiger partial charge in [0.2, 0.25) is 5.91 Å². The zero-order valence-electron chi connectivity index (χ0n) is 14.5. The second-order valence-corrected chi connectivity index (χ2v) is 8.52. The summed E-state index contributed by atoms with van der Waals surface area (Å²) in [6.45, 7) is 10.3. The first-order valence-corrected chi connectivity index (χ1v) is 9.08. The summed E-state index contributed by atoms with van der Waals surface area (Å²) in [5.41, 5.74) is -1.14. The molecule has 1 rings (SSSR count). The van der Waals surface area contributed by atoms with Crippen molar-refractivity contribution >= 4 is 23.8 Å². The first-order chi connectivity index (χ1) is 10.2. The Bertz CT molecular complexity index is 389. The van der Waals surface area contributed by atoms with Gasteiger partial charge >= 0.3 is 6.09 Å². The highest BCUT2D eigenvalue weighted by molar-refractivity contribution is 8.00. The van der Waals surface area contributed by atoms with Crippen LogP contribution in [-0.4, -0.2) is 41.7 Å². The molecule has 0 spiro atoms. The van der Waals surface area contributed by atoms with Crippen molar-refractivity contribution in [2.75, 3.05) is 18.8 Å². The van der Waals surface area contributed by atoms with E-state index in [1.807, 2.05) is 46.4 Å². The van der Waals surface area contributed by atoms with Crippen molar-refractivity contribution in [2.45, 2.75) is 64.7 Å². The minimum absolute atomic E-state index is 0.00133. The Morgan fingerprint density at radius 2 is 1.91 bits per heavy atom. The normalized spacial score (nSPS) is 21.0. The smallest absolute Gasteiger partial charge is 0.407 e. The molecule has 6 heteroatoms. The van der Waals surface area contributed by atoms with E-state index in [-0.39, 0.29) is 12.5 Å². The molecular formula is C16H30N2O3S. The van der Waals surface area contributed by atoms with Gasteiger partial charge in [-0.3, -0.25) is 4.79 Å². The number of carbonyl (C=O) groups excluding carboxylic acids is 2. The quantitative estimate of drug-likeness (QED) is 0.786. The van der Waals surface area contributed by atoms with Crippen molar-refractivity contribution < 1.29 is 14.3 Å². The minimum Gasteiger partial charge on any atom is -0.444 e. The topological polar surface area (TPSA) is 67.4 Å². The number of hydrogen-bond acceptors (Lipinski definition) is 4. The minimum atomic E-state index is -0.611. The van der Waals surface area contributed by atoms with E-state index < -0.39 is 17.1 Å². The predicted molar refractivity (Wildman–Crippen MR) is 91.1 cm³/mol. The van der Waals surface area contributed by atoms with Crippen LogP contribution < -0.4 is 10.6 Å². The molecule has 0 saturated carbocycles. The van der Waals surface area contributed by atoms with Gasteiger partial charge in [0, 0.05) is 18.3 Å². The van der Waals surface area contributed by atoms with Crippen molar-refractivity contribution in [1.29, 1.82) is 0 Å². The third-order valence-corrected chi connectivity index (χ3v) is 5.26. The molecule has 0 aliphatic carbocycles. The number of ether oxygens (including phenoxy) is 1. The molecule has 0 bridgehead atoms. The molecule has 2 atom stereocenters. The molecule has 128 valence electrons. The van der Waals surface area contributed by atoms with E-state index in [0.29, 0.717) is 18.2 Å². The molecule has 2 N–H and O–H groups in total. The van der Waals surface area contributed by atoms with Crippen molar-refractivity contribution in [3.63, 3.8) is 0 Å². The van der Waals surface area contributed by atoms with E-state index >= 15 is 0 Å². The third-order valence-electron chi connectivity index (χ3n) is 3.86. The number of nitrogens with one attached hydrogen (secondary N) is 2. The van der Waals surface area contributed by atoms with Crippen LogP contribution in [0.15, 0.2) is 0 Å². The lowest BCUT2D eigenvalue weighted by atomic mass is 9.86. The zero-order chi connectivity index (χ0) is 16.8. The average molecular weight is 330 g/mol. The molecule has 22 heavy (non-hydrogen) atoms.